The molecule has 3 rings (SSSR count). The zero-order valence-corrected chi connectivity index (χ0v) is 12.6. The lowest BCUT2D eigenvalue weighted by atomic mass is 10.1. The number of thiophene rings is 1. The van der Waals surface area contributed by atoms with Crippen LogP contribution in [0, 0.1) is 0 Å². The van der Waals surface area contributed by atoms with Gasteiger partial charge in [-0.2, -0.15) is 0 Å². The standard InChI is InChI=1S/C14H21N5S/c1-2-11(9-15)18-4-6-19(7-5-18)13-12-3-8-20-14(12)17-10-16-13/h3,8,10-11H,2,4-7,9,15H2,1H3. The topological polar surface area (TPSA) is 58.3 Å². The van der Waals surface area contributed by atoms with Crippen molar-refractivity contribution in [3.63, 3.8) is 0 Å². The van der Waals surface area contributed by atoms with Gasteiger partial charge in [-0.1, -0.05) is 6.92 Å². The van der Waals surface area contributed by atoms with Gasteiger partial charge in [0.1, 0.15) is 17.0 Å². The van der Waals surface area contributed by atoms with Gasteiger partial charge in [0.05, 0.1) is 5.39 Å². The van der Waals surface area contributed by atoms with Crippen molar-refractivity contribution in [2.45, 2.75) is 19.4 Å². The minimum absolute atomic E-state index is 0.517. The zero-order valence-electron chi connectivity index (χ0n) is 11.8. The molecule has 1 unspecified atom stereocenters. The van der Waals surface area contributed by atoms with Crippen molar-refractivity contribution in [2.24, 2.45) is 5.73 Å². The molecule has 1 saturated heterocycles. The predicted octanol–water partition coefficient (Wildman–Crippen LogP) is 1.55. The molecule has 2 N–H and O–H groups in total. The Morgan fingerprint density at radius 3 is 2.80 bits per heavy atom. The molecule has 1 aliphatic rings. The van der Waals surface area contributed by atoms with E-state index in [9.17, 15) is 0 Å². The van der Waals surface area contributed by atoms with Crippen LogP contribution >= 0.6 is 11.3 Å². The van der Waals surface area contributed by atoms with Crippen LogP contribution in [0.4, 0.5) is 5.82 Å². The Morgan fingerprint density at radius 1 is 1.30 bits per heavy atom. The molecular formula is C14H21N5S. The third-order valence-corrected chi connectivity index (χ3v) is 4.93. The molecule has 6 heteroatoms. The minimum atomic E-state index is 0.517. The second-order valence-electron chi connectivity index (χ2n) is 5.16. The monoisotopic (exact) mass is 291 g/mol. The lowest BCUT2D eigenvalue weighted by molar-refractivity contribution is 0.184. The Morgan fingerprint density at radius 2 is 2.10 bits per heavy atom. The van der Waals surface area contributed by atoms with E-state index in [1.807, 2.05) is 0 Å². The second kappa shape index (κ2) is 6.03. The van der Waals surface area contributed by atoms with E-state index in [0.717, 1.165) is 49.8 Å². The third-order valence-electron chi connectivity index (χ3n) is 4.11. The van der Waals surface area contributed by atoms with Gasteiger partial charge in [0.15, 0.2) is 0 Å². The van der Waals surface area contributed by atoms with E-state index in [2.05, 4.69) is 38.1 Å². The first-order valence-corrected chi connectivity index (χ1v) is 8.08. The number of nitrogens with zero attached hydrogens (tertiary/aromatic N) is 4. The van der Waals surface area contributed by atoms with Gasteiger partial charge in [0, 0.05) is 38.8 Å². The van der Waals surface area contributed by atoms with Crippen molar-refractivity contribution in [3.8, 4) is 0 Å². The first-order valence-electron chi connectivity index (χ1n) is 7.20. The molecule has 0 spiro atoms. The Bertz CT molecular complexity index is 557. The Labute approximate surface area is 123 Å². The summed E-state index contributed by atoms with van der Waals surface area (Å²) >= 11 is 1.67. The summed E-state index contributed by atoms with van der Waals surface area (Å²) in [5.74, 6) is 1.08. The summed E-state index contributed by atoms with van der Waals surface area (Å²) in [5, 5.41) is 3.26. The zero-order chi connectivity index (χ0) is 13.9. The Balaban J connectivity index is 1.73. The molecule has 2 aromatic rings. The molecule has 1 fully saturated rings. The summed E-state index contributed by atoms with van der Waals surface area (Å²) in [6.45, 7) is 7.11. The van der Waals surface area contributed by atoms with Crippen molar-refractivity contribution < 1.29 is 0 Å². The Kier molecular flexibility index (Phi) is 4.14. The highest BCUT2D eigenvalue weighted by molar-refractivity contribution is 7.16. The predicted molar refractivity (Wildman–Crippen MR) is 84.3 cm³/mol. The van der Waals surface area contributed by atoms with Gasteiger partial charge in [-0.3, -0.25) is 4.90 Å². The van der Waals surface area contributed by atoms with Crippen molar-refractivity contribution in [2.75, 3.05) is 37.6 Å². The van der Waals surface area contributed by atoms with Crippen molar-refractivity contribution >= 4 is 27.4 Å². The number of nitrogens with two attached hydrogens (primary N) is 1. The van der Waals surface area contributed by atoms with Gasteiger partial charge in [0.25, 0.3) is 0 Å². The molecule has 5 nitrogen and oxygen atoms in total. The minimum Gasteiger partial charge on any atom is -0.353 e. The molecule has 0 radical (unpaired) electrons. The van der Waals surface area contributed by atoms with Crippen LogP contribution in [0.1, 0.15) is 13.3 Å². The second-order valence-corrected chi connectivity index (χ2v) is 6.05. The van der Waals surface area contributed by atoms with Crippen molar-refractivity contribution in [1.82, 2.24) is 14.9 Å². The molecule has 0 bridgehead atoms. The van der Waals surface area contributed by atoms with E-state index < -0.39 is 0 Å². The number of fused-ring (bicyclic) bond motifs is 1. The van der Waals surface area contributed by atoms with Gasteiger partial charge in [-0.15, -0.1) is 11.3 Å². The van der Waals surface area contributed by atoms with E-state index in [4.69, 9.17) is 5.73 Å². The average Bonchev–Trinajstić information content (AvgIpc) is 2.98. The lowest BCUT2D eigenvalue weighted by Crippen LogP contribution is -2.52. The smallest absolute Gasteiger partial charge is 0.140 e. The first kappa shape index (κ1) is 13.7. The van der Waals surface area contributed by atoms with Crippen molar-refractivity contribution in [1.29, 1.82) is 0 Å². The van der Waals surface area contributed by atoms with E-state index in [0.29, 0.717) is 6.04 Å². The highest BCUT2D eigenvalue weighted by atomic mass is 32.1. The normalized spacial score (nSPS) is 18.6. The summed E-state index contributed by atoms with van der Waals surface area (Å²) in [6.07, 6.45) is 2.80. The first-order chi connectivity index (χ1) is 9.83. The molecule has 108 valence electrons. The van der Waals surface area contributed by atoms with E-state index >= 15 is 0 Å². The van der Waals surface area contributed by atoms with Gasteiger partial charge < -0.3 is 10.6 Å². The van der Waals surface area contributed by atoms with E-state index in [1.165, 1.54) is 5.39 Å². The lowest BCUT2D eigenvalue weighted by Gasteiger charge is -2.39. The van der Waals surface area contributed by atoms with Gasteiger partial charge >= 0.3 is 0 Å². The quantitative estimate of drug-likeness (QED) is 0.926. The molecule has 20 heavy (non-hydrogen) atoms. The largest absolute Gasteiger partial charge is 0.353 e. The molecule has 2 aromatic heterocycles. The highest BCUT2D eigenvalue weighted by Gasteiger charge is 2.23. The van der Waals surface area contributed by atoms with Crippen LogP contribution in [0.2, 0.25) is 0 Å². The van der Waals surface area contributed by atoms with Crippen LogP contribution < -0.4 is 10.6 Å². The fourth-order valence-electron chi connectivity index (χ4n) is 2.90. The number of piperazine rings is 1. The number of hydrogen-bond donors (Lipinski definition) is 1. The number of anilines is 1. The van der Waals surface area contributed by atoms with E-state index in [-0.39, 0.29) is 0 Å². The fraction of sp³-hybridized carbons (Fsp3) is 0.571. The molecule has 0 aromatic carbocycles. The maximum Gasteiger partial charge on any atom is 0.140 e. The van der Waals surface area contributed by atoms with E-state index in [1.54, 1.807) is 17.7 Å². The fourth-order valence-corrected chi connectivity index (χ4v) is 3.63. The summed E-state index contributed by atoms with van der Waals surface area (Å²) in [4.78, 5) is 14.8. The average molecular weight is 291 g/mol. The molecule has 0 amide bonds. The van der Waals surface area contributed by atoms with Crippen LogP contribution in [0.25, 0.3) is 10.2 Å². The molecule has 0 aliphatic carbocycles. The summed E-state index contributed by atoms with van der Waals surface area (Å²) < 4.78 is 0. The van der Waals surface area contributed by atoms with Gasteiger partial charge in [-0.25, -0.2) is 9.97 Å². The third kappa shape index (κ3) is 2.51. The number of rotatable bonds is 4. The summed E-state index contributed by atoms with van der Waals surface area (Å²) in [5.41, 5.74) is 5.85. The maximum absolute atomic E-state index is 5.85. The SMILES string of the molecule is CCC(CN)N1CCN(c2ncnc3sccc23)CC1. The van der Waals surface area contributed by atoms with Crippen LogP contribution in [-0.2, 0) is 0 Å². The molecule has 3 heterocycles. The van der Waals surface area contributed by atoms with Crippen LogP contribution in [0.3, 0.4) is 0 Å². The molecule has 1 atom stereocenters. The van der Waals surface area contributed by atoms with Crippen LogP contribution in [0.5, 0.6) is 0 Å². The van der Waals surface area contributed by atoms with Crippen LogP contribution in [0.15, 0.2) is 17.8 Å². The summed E-state index contributed by atoms with van der Waals surface area (Å²) in [7, 11) is 0. The highest BCUT2D eigenvalue weighted by Crippen LogP contribution is 2.27. The van der Waals surface area contributed by atoms with Crippen molar-refractivity contribution in [3.05, 3.63) is 17.8 Å². The van der Waals surface area contributed by atoms with Crippen LogP contribution in [-0.4, -0.2) is 53.6 Å². The molecule has 1 aliphatic heterocycles. The number of hydrogen-bond acceptors (Lipinski definition) is 6. The van der Waals surface area contributed by atoms with Gasteiger partial charge in [-0.05, 0) is 17.9 Å². The molecular weight excluding hydrogens is 270 g/mol. The van der Waals surface area contributed by atoms with Gasteiger partial charge in [0.2, 0.25) is 0 Å². The number of aromatic nitrogens is 2. The maximum atomic E-state index is 5.85. The summed E-state index contributed by atoms with van der Waals surface area (Å²) in [6, 6.07) is 2.64. The Hall–Kier alpha value is -1.24. The molecule has 0 saturated carbocycles.